The molecular formula is C19H30N2O. The van der Waals surface area contributed by atoms with Crippen molar-refractivity contribution in [1.82, 2.24) is 10.6 Å². The summed E-state index contributed by atoms with van der Waals surface area (Å²) in [6, 6.07) is 8.34. The third-order valence-electron chi connectivity index (χ3n) is 4.84. The van der Waals surface area contributed by atoms with E-state index in [9.17, 15) is 4.79 Å². The molecule has 122 valence electrons. The van der Waals surface area contributed by atoms with Gasteiger partial charge in [-0.25, -0.2) is 0 Å². The van der Waals surface area contributed by atoms with Crippen LogP contribution in [0.3, 0.4) is 0 Å². The molecule has 1 aromatic rings. The van der Waals surface area contributed by atoms with Gasteiger partial charge in [-0.2, -0.15) is 0 Å². The van der Waals surface area contributed by atoms with Crippen LogP contribution in [0.5, 0.6) is 0 Å². The molecule has 0 heterocycles. The van der Waals surface area contributed by atoms with Gasteiger partial charge in [-0.1, -0.05) is 43.5 Å². The number of carbonyl (C=O) groups excluding carboxylic acids is 1. The minimum atomic E-state index is -0.168. The van der Waals surface area contributed by atoms with Crippen LogP contribution in [0.1, 0.15) is 63.1 Å². The minimum absolute atomic E-state index is 0.117. The lowest BCUT2D eigenvalue weighted by Gasteiger charge is -2.24. The van der Waals surface area contributed by atoms with E-state index in [2.05, 4.69) is 36.6 Å². The molecule has 2 rings (SSSR count). The first-order valence-electron chi connectivity index (χ1n) is 8.67. The Morgan fingerprint density at radius 2 is 1.86 bits per heavy atom. The molecule has 0 bridgehead atoms. The Bertz CT molecular complexity index is 480. The highest BCUT2D eigenvalue weighted by atomic mass is 16.2. The van der Waals surface area contributed by atoms with Crippen LogP contribution < -0.4 is 10.6 Å². The molecule has 22 heavy (non-hydrogen) atoms. The van der Waals surface area contributed by atoms with E-state index in [1.807, 2.05) is 19.1 Å². The fraction of sp³-hybridized carbons (Fsp3) is 0.632. The molecule has 3 nitrogen and oxygen atoms in total. The predicted molar refractivity (Wildman–Crippen MR) is 91.8 cm³/mol. The fourth-order valence-electron chi connectivity index (χ4n) is 3.40. The van der Waals surface area contributed by atoms with Gasteiger partial charge in [0, 0.05) is 12.6 Å². The van der Waals surface area contributed by atoms with Gasteiger partial charge in [0.15, 0.2) is 0 Å². The second-order valence-corrected chi connectivity index (χ2v) is 6.72. The van der Waals surface area contributed by atoms with Crippen LogP contribution in [-0.4, -0.2) is 18.5 Å². The molecule has 0 saturated heterocycles. The molecule has 1 aliphatic carbocycles. The number of carbonyl (C=O) groups is 1. The molecule has 0 aromatic heterocycles. The smallest absolute Gasteiger partial charge is 0.236 e. The summed E-state index contributed by atoms with van der Waals surface area (Å²) in [6.45, 7) is 7.02. The Hall–Kier alpha value is -1.35. The summed E-state index contributed by atoms with van der Waals surface area (Å²) >= 11 is 0. The Morgan fingerprint density at radius 1 is 1.18 bits per heavy atom. The van der Waals surface area contributed by atoms with E-state index in [0.29, 0.717) is 5.92 Å². The van der Waals surface area contributed by atoms with Crippen molar-refractivity contribution in [2.75, 3.05) is 6.54 Å². The van der Waals surface area contributed by atoms with E-state index in [1.165, 1.54) is 43.2 Å². The zero-order valence-corrected chi connectivity index (χ0v) is 14.2. The topological polar surface area (TPSA) is 41.1 Å². The number of rotatable bonds is 6. The van der Waals surface area contributed by atoms with E-state index < -0.39 is 0 Å². The molecule has 3 heteroatoms. The average Bonchev–Trinajstić information content (AvgIpc) is 2.53. The number of nitrogens with one attached hydrogen (secondary N) is 2. The Balaban J connectivity index is 1.79. The number of aryl methyl sites for hydroxylation is 1. The minimum Gasteiger partial charge on any atom is -0.354 e. The van der Waals surface area contributed by atoms with Crippen molar-refractivity contribution in [1.29, 1.82) is 0 Å². The summed E-state index contributed by atoms with van der Waals surface area (Å²) in [7, 11) is 0. The molecule has 1 aromatic carbocycles. The summed E-state index contributed by atoms with van der Waals surface area (Å²) < 4.78 is 0. The van der Waals surface area contributed by atoms with Gasteiger partial charge in [0.1, 0.15) is 0 Å². The van der Waals surface area contributed by atoms with Crippen molar-refractivity contribution in [3.8, 4) is 0 Å². The summed E-state index contributed by atoms with van der Waals surface area (Å²) in [5.41, 5.74) is 2.52. The van der Waals surface area contributed by atoms with Crippen LogP contribution in [0.15, 0.2) is 24.3 Å². The predicted octanol–water partition coefficient (Wildman–Crippen LogP) is 3.73. The zero-order valence-electron chi connectivity index (χ0n) is 14.2. The molecule has 0 spiro atoms. The molecular weight excluding hydrogens is 272 g/mol. The highest BCUT2D eigenvalue weighted by Gasteiger charge is 2.19. The van der Waals surface area contributed by atoms with Gasteiger partial charge in [-0.3, -0.25) is 10.1 Å². The summed E-state index contributed by atoms with van der Waals surface area (Å²) in [5.74, 6) is 0.796. The van der Waals surface area contributed by atoms with Crippen molar-refractivity contribution in [3.63, 3.8) is 0 Å². The van der Waals surface area contributed by atoms with Crippen LogP contribution in [0.25, 0.3) is 0 Å². The molecule has 1 saturated carbocycles. The fourth-order valence-corrected chi connectivity index (χ4v) is 3.40. The second kappa shape index (κ2) is 8.33. The van der Waals surface area contributed by atoms with Gasteiger partial charge >= 0.3 is 0 Å². The van der Waals surface area contributed by atoms with Crippen molar-refractivity contribution < 1.29 is 4.79 Å². The van der Waals surface area contributed by atoms with Crippen molar-refractivity contribution in [3.05, 3.63) is 35.4 Å². The van der Waals surface area contributed by atoms with Crippen molar-refractivity contribution in [2.24, 2.45) is 5.92 Å². The lowest BCUT2D eigenvalue weighted by Crippen LogP contribution is -2.44. The number of benzene rings is 1. The third kappa shape index (κ3) is 4.84. The van der Waals surface area contributed by atoms with E-state index >= 15 is 0 Å². The van der Waals surface area contributed by atoms with Crippen LogP contribution in [-0.2, 0) is 4.79 Å². The van der Waals surface area contributed by atoms with Crippen LogP contribution in [0.2, 0.25) is 0 Å². The number of amides is 1. The Labute approximate surface area is 134 Å². The van der Waals surface area contributed by atoms with Crippen LogP contribution >= 0.6 is 0 Å². The first-order valence-corrected chi connectivity index (χ1v) is 8.67. The van der Waals surface area contributed by atoms with Crippen molar-refractivity contribution >= 4 is 5.91 Å². The molecule has 2 N–H and O–H groups in total. The quantitative estimate of drug-likeness (QED) is 0.840. The van der Waals surface area contributed by atoms with Gasteiger partial charge < -0.3 is 5.32 Å². The molecule has 1 fully saturated rings. The first-order chi connectivity index (χ1) is 10.6. The Morgan fingerprint density at radius 3 is 2.55 bits per heavy atom. The SMILES string of the molecule is Cc1ccccc1C(C)NC(C)C(=O)NCC1CCCCC1. The maximum atomic E-state index is 12.3. The number of hydrogen-bond acceptors (Lipinski definition) is 2. The maximum absolute atomic E-state index is 12.3. The maximum Gasteiger partial charge on any atom is 0.236 e. The van der Waals surface area contributed by atoms with E-state index in [1.54, 1.807) is 0 Å². The van der Waals surface area contributed by atoms with Gasteiger partial charge in [0.05, 0.1) is 6.04 Å². The second-order valence-electron chi connectivity index (χ2n) is 6.72. The summed E-state index contributed by atoms with van der Waals surface area (Å²) in [4.78, 5) is 12.3. The molecule has 2 unspecified atom stereocenters. The third-order valence-corrected chi connectivity index (χ3v) is 4.84. The molecule has 1 aliphatic rings. The van der Waals surface area contributed by atoms with Gasteiger partial charge in [0.2, 0.25) is 5.91 Å². The lowest BCUT2D eigenvalue weighted by molar-refractivity contribution is -0.123. The normalized spacial score (nSPS) is 18.7. The van der Waals surface area contributed by atoms with Gasteiger partial charge in [0.25, 0.3) is 0 Å². The van der Waals surface area contributed by atoms with Crippen LogP contribution in [0.4, 0.5) is 0 Å². The van der Waals surface area contributed by atoms with E-state index in [4.69, 9.17) is 0 Å². The lowest BCUT2D eigenvalue weighted by atomic mass is 9.89. The number of hydrogen-bond donors (Lipinski definition) is 2. The standard InChI is InChI=1S/C19H30N2O/c1-14-9-7-8-12-18(14)15(2)21-16(3)19(22)20-13-17-10-5-4-6-11-17/h7-9,12,15-17,21H,4-6,10-11,13H2,1-3H3,(H,20,22). The monoisotopic (exact) mass is 302 g/mol. The molecule has 0 aliphatic heterocycles. The molecule has 2 atom stereocenters. The largest absolute Gasteiger partial charge is 0.354 e. The highest BCUT2D eigenvalue weighted by molar-refractivity contribution is 5.81. The zero-order chi connectivity index (χ0) is 15.9. The summed E-state index contributed by atoms with van der Waals surface area (Å²) in [6.07, 6.45) is 6.52. The highest BCUT2D eigenvalue weighted by Crippen LogP contribution is 2.22. The van der Waals surface area contributed by atoms with Gasteiger partial charge in [-0.15, -0.1) is 0 Å². The van der Waals surface area contributed by atoms with E-state index in [0.717, 1.165) is 6.54 Å². The average molecular weight is 302 g/mol. The Kier molecular flexibility index (Phi) is 6.44. The van der Waals surface area contributed by atoms with Gasteiger partial charge in [-0.05, 0) is 50.7 Å². The molecule has 1 amide bonds. The van der Waals surface area contributed by atoms with Crippen LogP contribution in [0, 0.1) is 12.8 Å². The van der Waals surface area contributed by atoms with E-state index in [-0.39, 0.29) is 18.0 Å². The first kappa shape index (κ1) is 17.0. The van der Waals surface area contributed by atoms with Crippen molar-refractivity contribution in [2.45, 2.75) is 65.0 Å². The molecule has 0 radical (unpaired) electrons. The summed E-state index contributed by atoms with van der Waals surface area (Å²) in [5, 5.41) is 6.53.